The third kappa shape index (κ3) is 3.47. The Morgan fingerprint density at radius 3 is 2.65 bits per heavy atom. The van der Waals surface area contributed by atoms with Crippen molar-refractivity contribution >= 4 is 5.69 Å². The highest BCUT2D eigenvalue weighted by Crippen LogP contribution is 2.18. The van der Waals surface area contributed by atoms with Crippen LogP contribution in [0.5, 0.6) is 0 Å². The minimum Gasteiger partial charge on any atom is -0.398 e. The van der Waals surface area contributed by atoms with Gasteiger partial charge in [0.05, 0.1) is 0 Å². The first-order valence-corrected chi connectivity index (χ1v) is 6.72. The Morgan fingerprint density at radius 2 is 2.00 bits per heavy atom. The Balaban J connectivity index is 1.85. The van der Waals surface area contributed by atoms with Gasteiger partial charge in [-0.15, -0.1) is 0 Å². The van der Waals surface area contributed by atoms with Crippen LogP contribution < -0.4 is 5.73 Å². The molecular formula is C15H24N2. The van der Waals surface area contributed by atoms with Gasteiger partial charge in [0.25, 0.3) is 0 Å². The molecule has 0 spiro atoms. The van der Waals surface area contributed by atoms with Gasteiger partial charge in [0.1, 0.15) is 0 Å². The second kappa shape index (κ2) is 5.54. The molecule has 1 aliphatic heterocycles. The molecule has 2 heteroatoms. The molecule has 0 radical (unpaired) electrons. The number of hydrogen-bond donors (Lipinski definition) is 1. The van der Waals surface area contributed by atoms with E-state index in [0.29, 0.717) is 0 Å². The van der Waals surface area contributed by atoms with E-state index in [1.807, 2.05) is 0 Å². The summed E-state index contributed by atoms with van der Waals surface area (Å²) in [7, 11) is 0. The van der Waals surface area contributed by atoms with Crippen molar-refractivity contribution in [1.29, 1.82) is 0 Å². The number of nitrogen functional groups attached to an aromatic ring is 1. The molecule has 2 nitrogen and oxygen atoms in total. The Kier molecular flexibility index (Phi) is 4.06. The lowest BCUT2D eigenvalue weighted by atomic mass is 9.98. The monoisotopic (exact) mass is 232 g/mol. The van der Waals surface area contributed by atoms with Crippen molar-refractivity contribution in [2.75, 3.05) is 25.4 Å². The number of nitrogens with zero attached hydrogens (tertiary/aromatic N) is 1. The van der Waals surface area contributed by atoms with Gasteiger partial charge >= 0.3 is 0 Å². The molecule has 0 atom stereocenters. The highest BCUT2D eigenvalue weighted by atomic mass is 15.1. The molecule has 1 saturated heterocycles. The second-order valence-electron chi connectivity index (χ2n) is 5.48. The number of hydrogen-bond acceptors (Lipinski definition) is 2. The molecule has 1 aliphatic rings. The fraction of sp³-hybridized carbons (Fsp3) is 0.600. The molecular weight excluding hydrogens is 208 g/mol. The maximum atomic E-state index is 6.04. The first kappa shape index (κ1) is 12.4. The standard InChI is InChI=1S/C15H24N2/c1-12-5-8-17(9-6-12)10-7-14-4-3-13(2)11-15(14)16/h3-4,11-12H,5-10,16H2,1-2H3. The van der Waals surface area contributed by atoms with Crippen LogP contribution in [0.1, 0.15) is 30.9 Å². The van der Waals surface area contributed by atoms with E-state index in [1.165, 1.54) is 37.1 Å². The maximum absolute atomic E-state index is 6.04. The molecule has 0 bridgehead atoms. The summed E-state index contributed by atoms with van der Waals surface area (Å²) in [6.45, 7) is 8.11. The van der Waals surface area contributed by atoms with Crippen LogP contribution in [0.4, 0.5) is 5.69 Å². The van der Waals surface area contributed by atoms with Crippen molar-refractivity contribution in [2.24, 2.45) is 5.92 Å². The molecule has 0 saturated carbocycles. The van der Waals surface area contributed by atoms with Gasteiger partial charge in [-0.2, -0.15) is 0 Å². The zero-order chi connectivity index (χ0) is 12.3. The van der Waals surface area contributed by atoms with E-state index in [9.17, 15) is 0 Å². The molecule has 0 aliphatic carbocycles. The van der Waals surface area contributed by atoms with E-state index in [4.69, 9.17) is 5.73 Å². The van der Waals surface area contributed by atoms with Crippen molar-refractivity contribution in [3.05, 3.63) is 29.3 Å². The van der Waals surface area contributed by atoms with Crippen LogP contribution in [0.15, 0.2) is 18.2 Å². The summed E-state index contributed by atoms with van der Waals surface area (Å²) < 4.78 is 0. The SMILES string of the molecule is Cc1ccc(CCN2CCC(C)CC2)c(N)c1. The Labute approximate surface area is 105 Å². The summed E-state index contributed by atoms with van der Waals surface area (Å²) in [6, 6.07) is 6.41. The topological polar surface area (TPSA) is 29.3 Å². The fourth-order valence-corrected chi connectivity index (χ4v) is 2.51. The first-order valence-electron chi connectivity index (χ1n) is 6.72. The van der Waals surface area contributed by atoms with Gasteiger partial charge in [-0.3, -0.25) is 0 Å². The maximum Gasteiger partial charge on any atom is 0.0349 e. The Hall–Kier alpha value is -1.02. The van der Waals surface area contributed by atoms with Crippen molar-refractivity contribution < 1.29 is 0 Å². The number of anilines is 1. The van der Waals surface area contributed by atoms with Crippen molar-refractivity contribution in [3.8, 4) is 0 Å². The number of nitrogens with two attached hydrogens (primary N) is 1. The number of aryl methyl sites for hydroxylation is 1. The zero-order valence-corrected chi connectivity index (χ0v) is 11.1. The lowest BCUT2D eigenvalue weighted by molar-refractivity contribution is 0.194. The average Bonchev–Trinajstić information content (AvgIpc) is 2.30. The molecule has 0 amide bonds. The van der Waals surface area contributed by atoms with Gasteiger partial charge in [0.2, 0.25) is 0 Å². The summed E-state index contributed by atoms with van der Waals surface area (Å²) in [5, 5.41) is 0. The summed E-state index contributed by atoms with van der Waals surface area (Å²) in [5.74, 6) is 0.913. The first-order chi connectivity index (χ1) is 8.15. The van der Waals surface area contributed by atoms with E-state index >= 15 is 0 Å². The number of rotatable bonds is 3. The molecule has 1 aromatic rings. The predicted octanol–water partition coefficient (Wildman–Crippen LogP) is 2.85. The molecule has 2 N–H and O–H groups in total. The van der Waals surface area contributed by atoms with Gasteiger partial charge in [0.15, 0.2) is 0 Å². The van der Waals surface area contributed by atoms with E-state index in [0.717, 1.165) is 24.6 Å². The van der Waals surface area contributed by atoms with Gasteiger partial charge < -0.3 is 10.6 Å². The number of benzene rings is 1. The quantitative estimate of drug-likeness (QED) is 0.812. The average molecular weight is 232 g/mol. The lowest BCUT2D eigenvalue weighted by Crippen LogP contribution is -2.34. The van der Waals surface area contributed by atoms with Gasteiger partial charge in [-0.05, 0) is 62.4 Å². The minimum atomic E-state index is 0.913. The van der Waals surface area contributed by atoms with Crippen LogP contribution in [-0.4, -0.2) is 24.5 Å². The molecule has 1 heterocycles. The molecule has 0 unspecified atom stereocenters. The van der Waals surface area contributed by atoms with Crippen molar-refractivity contribution in [3.63, 3.8) is 0 Å². The highest BCUT2D eigenvalue weighted by Gasteiger charge is 2.15. The van der Waals surface area contributed by atoms with Crippen LogP contribution in [0.3, 0.4) is 0 Å². The third-order valence-corrected chi connectivity index (χ3v) is 3.87. The predicted molar refractivity (Wildman–Crippen MR) is 74.1 cm³/mol. The summed E-state index contributed by atoms with van der Waals surface area (Å²) >= 11 is 0. The molecule has 2 rings (SSSR count). The number of likely N-dealkylation sites (tertiary alicyclic amines) is 1. The number of piperidine rings is 1. The summed E-state index contributed by atoms with van der Waals surface area (Å²) in [5.41, 5.74) is 9.54. The largest absolute Gasteiger partial charge is 0.398 e. The smallest absolute Gasteiger partial charge is 0.0349 e. The van der Waals surface area contributed by atoms with Gasteiger partial charge in [-0.1, -0.05) is 19.1 Å². The lowest BCUT2D eigenvalue weighted by Gasteiger charge is -2.30. The van der Waals surface area contributed by atoms with Crippen LogP contribution in [0.2, 0.25) is 0 Å². The van der Waals surface area contributed by atoms with Crippen LogP contribution in [-0.2, 0) is 6.42 Å². The van der Waals surface area contributed by atoms with Crippen LogP contribution in [0, 0.1) is 12.8 Å². The van der Waals surface area contributed by atoms with Gasteiger partial charge in [-0.25, -0.2) is 0 Å². The summed E-state index contributed by atoms with van der Waals surface area (Å²) in [6.07, 6.45) is 3.78. The van der Waals surface area contributed by atoms with Crippen LogP contribution >= 0.6 is 0 Å². The van der Waals surface area contributed by atoms with E-state index < -0.39 is 0 Å². The normalized spacial score (nSPS) is 18.5. The van der Waals surface area contributed by atoms with Crippen molar-refractivity contribution in [2.45, 2.75) is 33.1 Å². The molecule has 1 fully saturated rings. The Bertz CT molecular complexity index is 365. The molecule has 1 aromatic carbocycles. The molecule has 0 aromatic heterocycles. The van der Waals surface area contributed by atoms with Gasteiger partial charge in [0, 0.05) is 12.2 Å². The van der Waals surface area contributed by atoms with E-state index in [-0.39, 0.29) is 0 Å². The Morgan fingerprint density at radius 1 is 1.29 bits per heavy atom. The summed E-state index contributed by atoms with van der Waals surface area (Å²) in [4.78, 5) is 2.57. The van der Waals surface area contributed by atoms with Crippen molar-refractivity contribution in [1.82, 2.24) is 4.90 Å². The second-order valence-corrected chi connectivity index (χ2v) is 5.48. The minimum absolute atomic E-state index is 0.913. The third-order valence-electron chi connectivity index (χ3n) is 3.87. The molecule has 17 heavy (non-hydrogen) atoms. The fourth-order valence-electron chi connectivity index (χ4n) is 2.51. The van der Waals surface area contributed by atoms with Crippen LogP contribution in [0.25, 0.3) is 0 Å². The zero-order valence-electron chi connectivity index (χ0n) is 11.1. The highest BCUT2D eigenvalue weighted by molar-refractivity contribution is 5.49. The van der Waals surface area contributed by atoms with E-state index in [1.54, 1.807) is 0 Å². The molecule has 94 valence electrons. The van der Waals surface area contributed by atoms with E-state index in [2.05, 4.69) is 36.9 Å².